The van der Waals surface area contributed by atoms with Gasteiger partial charge in [-0.15, -0.1) is 0 Å². The van der Waals surface area contributed by atoms with E-state index in [0.29, 0.717) is 23.4 Å². The zero-order valence-corrected chi connectivity index (χ0v) is 11.1. The summed E-state index contributed by atoms with van der Waals surface area (Å²) in [5.41, 5.74) is 10.2. The molecule has 1 aromatic carbocycles. The lowest BCUT2D eigenvalue weighted by molar-refractivity contribution is 0.390. The minimum absolute atomic E-state index is 0.376. The van der Waals surface area contributed by atoms with Crippen LogP contribution in [-0.2, 0) is 6.42 Å². The van der Waals surface area contributed by atoms with Gasteiger partial charge in [-0.05, 0) is 30.2 Å². The molecule has 0 aliphatic carbocycles. The average molecular weight is 276 g/mol. The maximum atomic E-state index is 14.1. The molecule has 2 aromatic rings. The molecule has 6 heteroatoms. The summed E-state index contributed by atoms with van der Waals surface area (Å²) in [4.78, 5) is 4.02. The molecule has 0 saturated heterocycles. The van der Waals surface area contributed by atoms with Crippen LogP contribution in [0.5, 0.6) is 5.75 Å². The SMILES string of the molecule is COc1cccc(F)c1C(Cc1cnccc1N)NN. The summed E-state index contributed by atoms with van der Waals surface area (Å²) < 4.78 is 19.2. The molecule has 0 fully saturated rings. The van der Waals surface area contributed by atoms with Crippen molar-refractivity contribution >= 4 is 5.69 Å². The van der Waals surface area contributed by atoms with Crippen molar-refractivity contribution in [1.29, 1.82) is 0 Å². The number of nitrogens with two attached hydrogens (primary N) is 2. The molecule has 5 N–H and O–H groups in total. The molecular weight excluding hydrogens is 259 g/mol. The third-order valence-corrected chi connectivity index (χ3v) is 3.15. The molecule has 106 valence electrons. The molecule has 0 bridgehead atoms. The van der Waals surface area contributed by atoms with Crippen LogP contribution in [0.2, 0.25) is 0 Å². The van der Waals surface area contributed by atoms with Gasteiger partial charge in [0.2, 0.25) is 0 Å². The van der Waals surface area contributed by atoms with Gasteiger partial charge in [0, 0.05) is 23.6 Å². The fraction of sp³-hybridized carbons (Fsp3) is 0.214. The molecule has 0 aliphatic heterocycles. The fourth-order valence-corrected chi connectivity index (χ4v) is 2.11. The van der Waals surface area contributed by atoms with Crippen molar-refractivity contribution in [3.63, 3.8) is 0 Å². The Morgan fingerprint density at radius 3 is 2.85 bits per heavy atom. The highest BCUT2D eigenvalue weighted by molar-refractivity contribution is 5.46. The number of pyridine rings is 1. The van der Waals surface area contributed by atoms with Gasteiger partial charge in [-0.3, -0.25) is 16.3 Å². The summed E-state index contributed by atoms with van der Waals surface area (Å²) in [6, 6.07) is 5.88. The van der Waals surface area contributed by atoms with Crippen molar-refractivity contribution in [2.24, 2.45) is 5.84 Å². The van der Waals surface area contributed by atoms with Crippen molar-refractivity contribution in [1.82, 2.24) is 10.4 Å². The number of hydrazine groups is 1. The molecule has 0 radical (unpaired) electrons. The maximum Gasteiger partial charge on any atom is 0.131 e. The Balaban J connectivity index is 2.36. The number of benzene rings is 1. The first-order valence-electron chi connectivity index (χ1n) is 6.14. The van der Waals surface area contributed by atoms with Crippen LogP contribution in [-0.4, -0.2) is 12.1 Å². The number of rotatable bonds is 5. The zero-order valence-electron chi connectivity index (χ0n) is 11.1. The van der Waals surface area contributed by atoms with E-state index in [1.54, 1.807) is 30.6 Å². The zero-order chi connectivity index (χ0) is 14.5. The maximum absolute atomic E-state index is 14.1. The first-order valence-corrected chi connectivity index (χ1v) is 6.14. The minimum Gasteiger partial charge on any atom is -0.496 e. The highest BCUT2D eigenvalue weighted by atomic mass is 19.1. The number of hydrogen-bond acceptors (Lipinski definition) is 5. The van der Waals surface area contributed by atoms with Gasteiger partial charge in [-0.2, -0.15) is 0 Å². The fourth-order valence-electron chi connectivity index (χ4n) is 2.11. The largest absolute Gasteiger partial charge is 0.496 e. The third kappa shape index (κ3) is 2.87. The molecule has 0 amide bonds. The lowest BCUT2D eigenvalue weighted by Crippen LogP contribution is -2.31. The second-order valence-corrected chi connectivity index (χ2v) is 4.35. The van der Waals surface area contributed by atoms with Crippen LogP contribution in [0.15, 0.2) is 36.7 Å². The van der Waals surface area contributed by atoms with E-state index in [0.717, 1.165) is 5.56 Å². The second-order valence-electron chi connectivity index (χ2n) is 4.35. The van der Waals surface area contributed by atoms with Crippen LogP contribution < -0.4 is 21.7 Å². The van der Waals surface area contributed by atoms with Gasteiger partial charge in [-0.1, -0.05) is 6.07 Å². The molecule has 1 atom stereocenters. The van der Waals surface area contributed by atoms with Crippen LogP contribution in [0.25, 0.3) is 0 Å². The second kappa shape index (κ2) is 6.31. The van der Waals surface area contributed by atoms with Gasteiger partial charge < -0.3 is 10.5 Å². The number of nitrogens with zero attached hydrogens (tertiary/aromatic N) is 1. The monoisotopic (exact) mass is 276 g/mol. The van der Waals surface area contributed by atoms with E-state index in [-0.39, 0.29) is 5.82 Å². The summed E-state index contributed by atoms with van der Waals surface area (Å²) in [5, 5.41) is 0. The van der Waals surface area contributed by atoms with E-state index in [1.807, 2.05) is 0 Å². The standard InChI is InChI=1S/C14H17FN4O/c1-20-13-4-2-3-10(15)14(13)12(19-17)7-9-8-18-6-5-11(9)16/h2-6,8,12,19H,7,17H2,1H3,(H2,16,18). The molecule has 0 saturated carbocycles. The lowest BCUT2D eigenvalue weighted by Gasteiger charge is -2.20. The van der Waals surface area contributed by atoms with Gasteiger partial charge in [0.05, 0.1) is 13.2 Å². The smallest absolute Gasteiger partial charge is 0.131 e. The third-order valence-electron chi connectivity index (χ3n) is 3.15. The summed E-state index contributed by atoms with van der Waals surface area (Å²) >= 11 is 0. The van der Waals surface area contributed by atoms with E-state index in [1.165, 1.54) is 13.2 Å². The van der Waals surface area contributed by atoms with E-state index >= 15 is 0 Å². The quantitative estimate of drug-likeness (QED) is 0.570. The van der Waals surface area contributed by atoms with Crippen molar-refractivity contribution in [2.75, 3.05) is 12.8 Å². The molecule has 0 spiro atoms. The predicted octanol–water partition coefficient (Wildman–Crippen LogP) is 1.56. The Kier molecular flexibility index (Phi) is 4.49. The van der Waals surface area contributed by atoms with Crippen molar-refractivity contribution in [3.8, 4) is 5.75 Å². The van der Waals surface area contributed by atoms with E-state index in [4.69, 9.17) is 16.3 Å². The first kappa shape index (κ1) is 14.2. The molecule has 2 rings (SSSR count). The van der Waals surface area contributed by atoms with Crippen LogP contribution in [0.1, 0.15) is 17.2 Å². The Bertz CT molecular complexity index is 591. The Labute approximate surface area is 116 Å². The lowest BCUT2D eigenvalue weighted by atomic mass is 9.98. The number of halogens is 1. The topological polar surface area (TPSA) is 86.2 Å². The predicted molar refractivity (Wildman–Crippen MR) is 75.4 cm³/mol. The Morgan fingerprint density at radius 2 is 2.20 bits per heavy atom. The normalized spacial score (nSPS) is 12.2. The highest BCUT2D eigenvalue weighted by Crippen LogP contribution is 2.30. The average Bonchev–Trinajstić information content (AvgIpc) is 2.47. The number of aromatic nitrogens is 1. The number of ether oxygens (including phenoxy) is 1. The van der Waals surface area contributed by atoms with Crippen molar-refractivity contribution in [2.45, 2.75) is 12.5 Å². The molecule has 0 aliphatic rings. The van der Waals surface area contributed by atoms with E-state index < -0.39 is 6.04 Å². The molecular formula is C14H17FN4O. The van der Waals surface area contributed by atoms with Crippen LogP contribution >= 0.6 is 0 Å². The summed E-state index contributed by atoms with van der Waals surface area (Å²) in [7, 11) is 1.49. The van der Waals surface area contributed by atoms with E-state index in [9.17, 15) is 4.39 Å². The first-order chi connectivity index (χ1) is 9.67. The van der Waals surface area contributed by atoms with Gasteiger partial charge >= 0.3 is 0 Å². The Hall–Kier alpha value is -2.18. The van der Waals surface area contributed by atoms with E-state index in [2.05, 4.69) is 10.4 Å². The van der Waals surface area contributed by atoms with Gasteiger partial charge in [-0.25, -0.2) is 4.39 Å². The number of nitrogens with one attached hydrogen (secondary N) is 1. The van der Waals surface area contributed by atoms with Crippen molar-refractivity contribution < 1.29 is 9.13 Å². The molecule has 5 nitrogen and oxygen atoms in total. The summed E-state index contributed by atoms with van der Waals surface area (Å²) in [6.45, 7) is 0. The van der Waals surface area contributed by atoms with Gasteiger partial charge in [0.15, 0.2) is 0 Å². The molecule has 1 aromatic heterocycles. The van der Waals surface area contributed by atoms with Crippen LogP contribution in [0.3, 0.4) is 0 Å². The summed E-state index contributed by atoms with van der Waals surface area (Å²) in [5.74, 6) is 5.62. The minimum atomic E-state index is -0.461. The molecule has 20 heavy (non-hydrogen) atoms. The number of anilines is 1. The highest BCUT2D eigenvalue weighted by Gasteiger charge is 2.20. The van der Waals surface area contributed by atoms with Crippen LogP contribution in [0, 0.1) is 5.82 Å². The number of hydrogen-bond donors (Lipinski definition) is 3. The summed E-state index contributed by atoms with van der Waals surface area (Å²) in [6.07, 6.45) is 3.66. The molecule has 1 heterocycles. The van der Waals surface area contributed by atoms with Crippen LogP contribution in [0.4, 0.5) is 10.1 Å². The van der Waals surface area contributed by atoms with Gasteiger partial charge in [0.25, 0.3) is 0 Å². The number of methoxy groups -OCH3 is 1. The van der Waals surface area contributed by atoms with Gasteiger partial charge in [0.1, 0.15) is 11.6 Å². The Morgan fingerprint density at radius 1 is 1.40 bits per heavy atom. The van der Waals surface area contributed by atoms with Crippen molar-refractivity contribution in [3.05, 3.63) is 53.6 Å². The number of nitrogen functional groups attached to an aromatic ring is 1. The molecule has 1 unspecified atom stereocenters.